The van der Waals surface area contributed by atoms with E-state index in [0.717, 1.165) is 19.4 Å². The SMILES string of the molecule is COCCN(CCO)C(=O)C1CCNC(C)C1. The average Bonchev–Trinajstić information content (AvgIpc) is 2.33. The number of carbonyl (C=O) groups is 1. The molecule has 0 bridgehead atoms. The zero-order chi connectivity index (χ0) is 12.7. The van der Waals surface area contributed by atoms with Gasteiger partial charge >= 0.3 is 0 Å². The third kappa shape index (κ3) is 4.61. The lowest BCUT2D eigenvalue weighted by atomic mass is 9.92. The van der Waals surface area contributed by atoms with E-state index < -0.39 is 0 Å². The molecule has 0 aromatic rings. The van der Waals surface area contributed by atoms with Crippen molar-refractivity contribution in [3.63, 3.8) is 0 Å². The van der Waals surface area contributed by atoms with Crippen molar-refractivity contribution in [1.29, 1.82) is 0 Å². The fourth-order valence-corrected chi connectivity index (χ4v) is 2.27. The summed E-state index contributed by atoms with van der Waals surface area (Å²) in [6.07, 6.45) is 1.77. The lowest BCUT2D eigenvalue weighted by Crippen LogP contribution is -2.45. The number of amides is 1. The Bertz CT molecular complexity index is 236. The number of aliphatic hydroxyl groups excluding tert-OH is 1. The summed E-state index contributed by atoms with van der Waals surface area (Å²) in [5.74, 6) is 0.249. The molecule has 0 aliphatic carbocycles. The Kier molecular flexibility index (Phi) is 6.47. The molecular formula is C12H24N2O3. The van der Waals surface area contributed by atoms with E-state index in [2.05, 4.69) is 12.2 Å². The largest absolute Gasteiger partial charge is 0.395 e. The minimum absolute atomic E-state index is 0.00990. The van der Waals surface area contributed by atoms with Crippen molar-refractivity contribution in [3.05, 3.63) is 0 Å². The molecule has 1 rings (SSSR count). The molecule has 1 aliphatic heterocycles. The molecular weight excluding hydrogens is 220 g/mol. The van der Waals surface area contributed by atoms with Crippen LogP contribution in [0, 0.1) is 5.92 Å². The number of nitrogens with zero attached hydrogens (tertiary/aromatic N) is 1. The molecule has 2 N–H and O–H groups in total. The molecule has 1 saturated heterocycles. The lowest BCUT2D eigenvalue weighted by molar-refractivity contribution is -0.137. The Morgan fingerprint density at radius 2 is 2.29 bits per heavy atom. The second-order valence-electron chi connectivity index (χ2n) is 4.62. The molecule has 1 amide bonds. The number of hydrogen-bond donors (Lipinski definition) is 2. The van der Waals surface area contributed by atoms with Gasteiger partial charge in [-0.2, -0.15) is 0 Å². The maximum atomic E-state index is 12.3. The third-order valence-electron chi connectivity index (χ3n) is 3.22. The number of rotatable bonds is 6. The number of hydrogen-bond acceptors (Lipinski definition) is 4. The van der Waals surface area contributed by atoms with Crippen molar-refractivity contribution in [2.75, 3.05) is 40.0 Å². The minimum Gasteiger partial charge on any atom is -0.395 e. The normalized spacial score (nSPS) is 24.6. The van der Waals surface area contributed by atoms with Crippen LogP contribution in [-0.4, -0.2) is 61.9 Å². The molecule has 0 radical (unpaired) electrons. The third-order valence-corrected chi connectivity index (χ3v) is 3.22. The molecule has 100 valence electrons. The number of piperidine rings is 1. The highest BCUT2D eigenvalue weighted by Gasteiger charge is 2.28. The van der Waals surface area contributed by atoms with E-state index in [0.29, 0.717) is 25.7 Å². The van der Waals surface area contributed by atoms with Gasteiger partial charge in [0.05, 0.1) is 13.2 Å². The van der Waals surface area contributed by atoms with E-state index in [4.69, 9.17) is 9.84 Å². The van der Waals surface area contributed by atoms with Crippen LogP contribution in [0.4, 0.5) is 0 Å². The van der Waals surface area contributed by atoms with Crippen LogP contribution >= 0.6 is 0 Å². The van der Waals surface area contributed by atoms with Gasteiger partial charge in [0.25, 0.3) is 0 Å². The lowest BCUT2D eigenvalue weighted by Gasteiger charge is -2.31. The predicted molar refractivity (Wildman–Crippen MR) is 65.7 cm³/mol. The molecule has 17 heavy (non-hydrogen) atoms. The van der Waals surface area contributed by atoms with Gasteiger partial charge in [0.15, 0.2) is 0 Å². The minimum atomic E-state index is 0.00990. The highest BCUT2D eigenvalue weighted by atomic mass is 16.5. The van der Waals surface area contributed by atoms with Crippen LogP contribution in [0.15, 0.2) is 0 Å². The molecule has 1 fully saturated rings. The van der Waals surface area contributed by atoms with E-state index in [1.807, 2.05) is 0 Å². The number of carbonyl (C=O) groups excluding carboxylic acids is 1. The first-order valence-electron chi connectivity index (χ1n) is 6.31. The Balaban J connectivity index is 2.50. The van der Waals surface area contributed by atoms with Crippen molar-refractivity contribution < 1.29 is 14.6 Å². The van der Waals surface area contributed by atoms with Gasteiger partial charge in [-0.25, -0.2) is 0 Å². The van der Waals surface area contributed by atoms with Crippen LogP contribution < -0.4 is 5.32 Å². The standard InChI is InChI=1S/C12H24N2O3/c1-10-9-11(3-4-13-10)12(16)14(5-7-15)6-8-17-2/h10-11,13,15H,3-9H2,1-2H3. The second kappa shape index (κ2) is 7.63. The first-order valence-corrected chi connectivity index (χ1v) is 6.31. The summed E-state index contributed by atoms with van der Waals surface area (Å²) >= 11 is 0. The molecule has 0 aromatic carbocycles. The van der Waals surface area contributed by atoms with Crippen LogP contribution in [0.5, 0.6) is 0 Å². The van der Waals surface area contributed by atoms with Gasteiger partial charge < -0.3 is 20.1 Å². The molecule has 0 aromatic heterocycles. The summed E-state index contributed by atoms with van der Waals surface area (Å²) in [5, 5.41) is 12.3. The Morgan fingerprint density at radius 3 is 2.88 bits per heavy atom. The Morgan fingerprint density at radius 1 is 1.53 bits per heavy atom. The second-order valence-corrected chi connectivity index (χ2v) is 4.62. The summed E-state index contributed by atoms with van der Waals surface area (Å²) in [4.78, 5) is 14.0. The van der Waals surface area contributed by atoms with Crippen molar-refractivity contribution in [1.82, 2.24) is 10.2 Å². The smallest absolute Gasteiger partial charge is 0.225 e. The fourth-order valence-electron chi connectivity index (χ4n) is 2.27. The quantitative estimate of drug-likeness (QED) is 0.682. The van der Waals surface area contributed by atoms with E-state index in [1.165, 1.54) is 0 Å². The summed E-state index contributed by atoms with van der Waals surface area (Å²) in [6.45, 7) is 4.50. The van der Waals surface area contributed by atoms with E-state index >= 15 is 0 Å². The van der Waals surface area contributed by atoms with Gasteiger partial charge in [-0.05, 0) is 26.3 Å². The van der Waals surface area contributed by atoms with Crippen LogP contribution in [0.25, 0.3) is 0 Å². The molecule has 2 atom stereocenters. The van der Waals surface area contributed by atoms with Crippen molar-refractivity contribution in [2.24, 2.45) is 5.92 Å². The van der Waals surface area contributed by atoms with Crippen LogP contribution in [-0.2, 0) is 9.53 Å². The van der Waals surface area contributed by atoms with Gasteiger partial charge in [-0.3, -0.25) is 4.79 Å². The van der Waals surface area contributed by atoms with E-state index in [9.17, 15) is 4.79 Å². The van der Waals surface area contributed by atoms with Crippen molar-refractivity contribution in [3.8, 4) is 0 Å². The van der Waals surface area contributed by atoms with Crippen LogP contribution in [0.1, 0.15) is 19.8 Å². The predicted octanol–water partition coefficient (Wildman–Crippen LogP) is -0.158. The van der Waals surface area contributed by atoms with E-state index in [-0.39, 0.29) is 18.4 Å². The first-order chi connectivity index (χ1) is 8.19. The van der Waals surface area contributed by atoms with E-state index in [1.54, 1.807) is 12.0 Å². The maximum Gasteiger partial charge on any atom is 0.225 e. The highest BCUT2D eigenvalue weighted by Crippen LogP contribution is 2.18. The molecule has 2 unspecified atom stereocenters. The molecule has 1 aliphatic rings. The maximum absolute atomic E-state index is 12.3. The Hall–Kier alpha value is -0.650. The zero-order valence-corrected chi connectivity index (χ0v) is 10.8. The van der Waals surface area contributed by atoms with Gasteiger partial charge in [0.1, 0.15) is 0 Å². The Labute approximate surface area is 103 Å². The number of ether oxygens (including phenoxy) is 1. The highest BCUT2D eigenvalue weighted by molar-refractivity contribution is 5.79. The summed E-state index contributed by atoms with van der Waals surface area (Å²) in [7, 11) is 1.62. The van der Waals surface area contributed by atoms with Crippen LogP contribution in [0.2, 0.25) is 0 Å². The molecule has 5 heteroatoms. The first kappa shape index (κ1) is 14.4. The fraction of sp³-hybridized carbons (Fsp3) is 0.917. The number of nitrogens with one attached hydrogen (secondary N) is 1. The van der Waals surface area contributed by atoms with Gasteiger partial charge in [0, 0.05) is 32.2 Å². The molecule has 0 saturated carbocycles. The monoisotopic (exact) mass is 244 g/mol. The van der Waals surface area contributed by atoms with Gasteiger partial charge in [0.2, 0.25) is 5.91 Å². The van der Waals surface area contributed by atoms with Crippen LogP contribution in [0.3, 0.4) is 0 Å². The van der Waals surface area contributed by atoms with Crippen molar-refractivity contribution >= 4 is 5.91 Å². The molecule has 1 heterocycles. The summed E-state index contributed by atoms with van der Waals surface area (Å²) < 4.78 is 4.99. The van der Waals surface area contributed by atoms with Crippen molar-refractivity contribution in [2.45, 2.75) is 25.8 Å². The zero-order valence-electron chi connectivity index (χ0n) is 10.8. The number of aliphatic hydroxyl groups is 1. The average molecular weight is 244 g/mol. The number of methoxy groups -OCH3 is 1. The molecule has 5 nitrogen and oxygen atoms in total. The topological polar surface area (TPSA) is 61.8 Å². The summed E-state index contributed by atoms with van der Waals surface area (Å²) in [6, 6.07) is 0.399. The van der Waals surface area contributed by atoms with Gasteiger partial charge in [-0.15, -0.1) is 0 Å². The van der Waals surface area contributed by atoms with Gasteiger partial charge in [-0.1, -0.05) is 0 Å². The summed E-state index contributed by atoms with van der Waals surface area (Å²) in [5.41, 5.74) is 0. The molecule has 0 spiro atoms.